The summed E-state index contributed by atoms with van der Waals surface area (Å²) < 4.78 is 5.21. The van der Waals surface area contributed by atoms with E-state index >= 15 is 0 Å². The third kappa shape index (κ3) is 2.34. The van der Waals surface area contributed by atoms with Crippen LogP contribution in [0, 0.1) is 0 Å². The molecule has 2 aliphatic rings. The van der Waals surface area contributed by atoms with Crippen molar-refractivity contribution < 1.29 is 9.32 Å². The van der Waals surface area contributed by atoms with E-state index in [0.717, 1.165) is 25.7 Å². The van der Waals surface area contributed by atoms with Crippen LogP contribution in [0.3, 0.4) is 0 Å². The third-order valence-corrected chi connectivity index (χ3v) is 4.23. The normalized spacial score (nSPS) is 25.8. The van der Waals surface area contributed by atoms with E-state index in [1.165, 1.54) is 11.8 Å². The summed E-state index contributed by atoms with van der Waals surface area (Å²) in [5.74, 6) is 1.68. The second-order valence-corrected chi connectivity index (χ2v) is 5.61. The highest BCUT2D eigenvalue weighted by molar-refractivity contribution is 8.13. The van der Waals surface area contributed by atoms with Gasteiger partial charge in [0.2, 0.25) is 5.89 Å². The molecule has 3 rings (SSSR count). The summed E-state index contributed by atoms with van der Waals surface area (Å²) in [6.45, 7) is 0. The van der Waals surface area contributed by atoms with Gasteiger partial charge in [-0.25, -0.2) is 0 Å². The van der Waals surface area contributed by atoms with E-state index in [1.807, 2.05) is 0 Å². The number of nitrogens with one attached hydrogen (secondary N) is 1. The standard InChI is InChI=1S/C10H14N4O2S.ClH/c11-10(3-1-2-4-10)8-13-7(16-14-8)6-5-17-9(15)12-6;/h6H,1-5,11H2,(H,12,15);1H/t6-;/m0./s1. The maximum absolute atomic E-state index is 11.1. The monoisotopic (exact) mass is 290 g/mol. The van der Waals surface area contributed by atoms with Gasteiger partial charge in [-0.3, -0.25) is 4.79 Å². The van der Waals surface area contributed by atoms with Crippen LogP contribution in [-0.4, -0.2) is 21.1 Å². The number of aromatic nitrogens is 2. The van der Waals surface area contributed by atoms with Gasteiger partial charge in [-0.15, -0.1) is 12.4 Å². The van der Waals surface area contributed by atoms with Crippen LogP contribution in [0.4, 0.5) is 4.79 Å². The molecule has 18 heavy (non-hydrogen) atoms. The Kier molecular flexibility index (Phi) is 3.84. The van der Waals surface area contributed by atoms with E-state index in [2.05, 4.69) is 15.5 Å². The number of nitrogens with two attached hydrogens (primary N) is 1. The molecule has 1 aromatic rings. The SMILES string of the molecule is Cl.NC1(c2noc([C@@H]3CSC(=O)N3)n2)CCCC1. The molecule has 3 N–H and O–H groups in total. The van der Waals surface area contributed by atoms with Crippen LogP contribution >= 0.6 is 24.2 Å². The average Bonchev–Trinajstić information content (AvgIpc) is 2.96. The fourth-order valence-electron chi connectivity index (χ4n) is 2.33. The molecular formula is C10H15ClN4O2S. The second kappa shape index (κ2) is 5.07. The van der Waals surface area contributed by atoms with Gasteiger partial charge in [-0.05, 0) is 12.8 Å². The largest absolute Gasteiger partial charge is 0.337 e. The fraction of sp³-hybridized carbons (Fsp3) is 0.700. The van der Waals surface area contributed by atoms with Gasteiger partial charge in [0.05, 0.1) is 5.54 Å². The number of thioether (sulfide) groups is 1. The Labute approximate surface area is 115 Å². The summed E-state index contributed by atoms with van der Waals surface area (Å²) in [5, 5.41) is 6.70. The quantitative estimate of drug-likeness (QED) is 0.861. The van der Waals surface area contributed by atoms with Crippen molar-refractivity contribution in [2.45, 2.75) is 37.3 Å². The molecular weight excluding hydrogens is 276 g/mol. The van der Waals surface area contributed by atoms with Crippen molar-refractivity contribution >= 4 is 29.4 Å². The number of halogens is 1. The molecule has 6 nitrogen and oxygen atoms in total. The summed E-state index contributed by atoms with van der Waals surface area (Å²) in [6.07, 6.45) is 4.02. The summed E-state index contributed by atoms with van der Waals surface area (Å²) in [4.78, 5) is 15.4. The van der Waals surface area contributed by atoms with Crippen molar-refractivity contribution in [3.63, 3.8) is 0 Å². The zero-order valence-corrected chi connectivity index (χ0v) is 11.4. The number of carbonyl (C=O) groups is 1. The number of hydrogen-bond donors (Lipinski definition) is 2. The van der Waals surface area contributed by atoms with Crippen LogP contribution in [0.25, 0.3) is 0 Å². The number of carbonyl (C=O) groups excluding carboxylic acids is 1. The first-order chi connectivity index (χ1) is 8.17. The van der Waals surface area contributed by atoms with E-state index in [1.54, 1.807) is 0 Å². The molecule has 0 bridgehead atoms. The number of hydrogen-bond acceptors (Lipinski definition) is 6. The number of rotatable bonds is 2. The van der Waals surface area contributed by atoms with Crippen molar-refractivity contribution in [1.29, 1.82) is 0 Å². The minimum Gasteiger partial charge on any atom is -0.337 e. The highest BCUT2D eigenvalue weighted by Gasteiger charge is 2.37. The minimum absolute atomic E-state index is 0. The van der Waals surface area contributed by atoms with E-state index in [-0.39, 0.29) is 23.7 Å². The van der Waals surface area contributed by atoms with Gasteiger partial charge < -0.3 is 15.6 Å². The number of amides is 1. The molecule has 0 radical (unpaired) electrons. The zero-order valence-electron chi connectivity index (χ0n) is 9.72. The van der Waals surface area contributed by atoms with Crippen molar-refractivity contribution in [1.82, 2.24) is 15.5 Å². The predicted molar refractivity (Wildman–Crippen MR) is 69.6 cm³/mol. The lowest BCUT2D eigenvalue weighted by atomic mass is 9.99. The van der Waals surface area contributed by atoms with Crippen LogP contribution < -0.4 is 11.1 Å². The van der Waals surface area contributed by atoms with Crippen LogP contribution in [0.1, 0.15) is 43.4 Å². The highest BCUT2D eigenvalue weighted by Crippen LogP contribution is 2.35. The van der Waals surface area contributed by atoms with Crippen molar-refractivity contribution in [2.75, 3.05) is 5.75 Å². The van der Waals surface area contributed by atoms with E-state index in [4.69, 9.17) is 10.3 Å². The van der Waals surface area contributed by atoms with Crippen LogP contribution in [0.15, 0.2) is 4.52 Å². The van der Waals surface area contributed by atoms with Gasteiger partial charge in [-0.1, -0.05) is 29.8 Å². The molecule has 1 saturated heterocycles. The molecule has 0 spiro atoms. The minimum atomic E-state index is -0.433. The lowest BCUT2D eigenvalue weighted by Crippen LogP contribution is -2.34. The van der Waals surface area contributed by atoms with Crippen molar-refractivity contribution in [2.24, 2.45) is 5.73 Å². The topological polar surface area (TPSA) is 94.0 Å². The Balaban J connectivity index is 0.00000120. The van der Waals surface area contributed by atoms with Crippen molar-refractivity contribution in [3.05, 3.63) is 11.7 Å². The Morgan fingerprint density at radius 1 is 1.44 bits per heavy atom. The molecule has 1 aliphatic carbocycles. The smallest absolute Gasteiger partial charge is 0.279 e. The van der Waals surface area contributed by atoms with Crippen molar-refractivity contribution in [3.8, 4) is 0 Å². The van der Waals surface area contributed by atoms with Crippen LogP contribution in [0.2, 0.25) is 0 Å². The first-order valence-electron chi connectivity index (χ1n) is 5.74. The maximum Gasteiger partial charge on any atom is 0.279 e. The Bertz CT molecular complexity index is 447. The Morgan fingerprint density at radius 2 is 2.17 bits per heavy atom. The summed E-state index contributed by atoms with van der Waals surface area (Å²) in [6, 6.07) is -0.168. The molecule has 1 saturated carbocycles. The van der Waals surface area contributed by atoms with E-state index in [0.29, 0.717) is 17.5 Å². The molecule has 1 atom stereocenters. The fourth-order valence-corrected chi connectivity index (χ4v) is 3.10. The molecule has 100 valence electrons. The highest BCUT2D eigenvalue weighted by atomic mass is 35.5. The van der Waals surface area contributed by atoms with Crippen LogP contribution in [-0.2, 0) is 5.54 Å². The molecule has 1 aliphatic heterocycles. The summed E-state index contributed by atoms with van der Waals surface area (Å²) >= 11 is 1.23. The first-order valence-corrected chi connectivity index (χ1v) is 6.72. The van der Waals surface area contributed by atoms with Gasteiger partial charge in [0.1, 0.15) is 6.04 Å². The Morgan fingerprint density at radius 3 is 2.78 bits per heavy atom. The Hall–Kier alpha value is -0.790. The molecule has 2 heterocycles. The van der Waals surface area contributed by atoms with E-state index < -0.39 is 5.54 Å². The lowest BCUT2D eigenvalue weighted by molar-refractivity contribution is 0.257. The molecule has 1 aromatic heterocycles. The molecule has 1 amide bonds. The first kappa shape index (κ1) is 13.6. The predicted octanol–water partition coefficient (Wildman–Crippen LogP) is 1.72. The van der Waals surface area contributed by atoms with Gasteiger partial charge in [0, 0.05) is 5.75 Å². The van der Waals surface area contributed by atoms with Gasteiger partial charge in [-0.2, -0.15) is 4.98 Å². The maximum atomic E-state index is 11.1. The van der Waals surface area contributed by atoms with Gasteiger partial charge in [0.25, 0.3) is 5.24 Å². The van der Waals surface area contributed by atoms with Crippen LogP contribution in [0.5, 0.6) is 0 Å². The van der Waals surface area contributed by atoms with E-state index in [9.17, 15) is 4.79 Å². The molecule has 8 heteroatoms. The molecule has 0 unspecified atom stereocenters. The second-order valence-electron chi connectivity index (χ2n) is 4.61. The summed E-state index contributed by atoms with van der Waals surface area (Å²) in [5.41, 5.74) is 5.81. The van der Waals surface area contributed by atoms with Gasteiger partial charge >= 0.3 is 0 Å². The zero-order chi connectivity index (χ0) is 11.9. The average molecular weight is 291 g/mol. The molecule has 0 aromatic carbocycles. The summed E-state index contributed by atoms with van der Waals surface area (Å²) in [7, 11) is 0. The lowest BCUT2D eigenvalue weighted by Gasteiger charge is -2.17. The molecule has 2 fully saturated rings. The number of nitrogens with zero attached hydrogens (tertiary/aromatic N) is 2. The third-order valence-electron chi connectivity index (χ3n) is 3.35. The van der Waals surface area contributed by atoms with Gasteiger partial charge in [0.15, 0.2) is 5.82 Å².